The van der Waals surface area contributed by atoms with Gasteiger partial charge in [0.25, 0.3) is 0 Å². The van der Waals surface area contributed by atoms with Crippen LogP contribution in [0.1, 0.15) is 5.56 Å². The third-order valence-corrected chi connectivity index (χ3v) is 2.61. The second kappa shape index (κ2) is 5.60. The predicted molar refractivity (Wildman–Crippen MR) is 68.7 cm³/mol. The second-order valence-corrected chi connectivity index (χ2v) is 4.32. The van der Waals surface area contributed by atoms with Gasteiger partial charge in [-0.2, -0.15) is 0 Å². The van der Waals surface area contributed by atoms with Gasteiger partial charge in [-0.1, -0.05) is 41.9 Å². The molecule has 0 saturated heterocycles. The van der Waals surface area contributed by atoms with Crippen molar-refractivity contribution in [2.75, 3.05) is 0 Å². The minimum atomic E-state index is -0.471. The molecule has 1 heterocycles. The normalized spacial score (nSPS) is 10.3. The minimum absolute atomic E-state index is 0.0126. The first-order valence-corrected chi connectivity index (χ1v) is 5.80. The Morgan fingerprint density at radius 2 is 2.00 bits per heavy atom. The van der Waals surface area contributed by atoms with Crippen molar-refractivity contribution >= 4 is 17.4 Å². The lowest BCUT2D eigenvalue weighted by Gasteiger charge is -2.04. The lowest BCUT2D eigenvalue weighted by atomic mass is 10.1. The Labute approximate surface area is 109 Å². The summed E-state index contributed by atoms with van der Waals surface area (Å²) in [7, 11) is 0. The summed E-state index contributed by atoms with van der Waals surface area (Å²) in [5.74, 6) is -0.0626. The van der Waals surface area contributed by atoms with E-state index in [1.165, 1.54) is 17.0 Å². The van der Waals surface area contributed by atoms with Crippen LogP contribution in [0.5, 0.6) is 0 Å². The molecule has 0 unspecified atom stereocenters. The van der Waals surface area contributed by atoms with Crippen LogP contribution in [0.2, 0.25) is 5.02 Å². The van der Waals surface area contributed by atoms with E-state index in [-0.39, 0.29) is 12.3 Å². The first-order valence-electron chi connectivity index (χ1n) is 5.43. The van der Waals surface area contributed by atoms with Gasteiger partial charge in [0.05, 0.1) is 17.8 Å². The van der Waals surface area contributed by atoms with Crippen LogP contribution in [0.3, 0.4) is 0 Å². The number of hydrogen-bond acceptors (Lipinski definition) is 3. The van der Waals surface area contributed by atoms with Crippen LogP contribution in [-0.2, 0) is 17.8 Å². The highest BCUT2D eigenvalue weighted by Crippen LogP contribution is 2.03. The lowest BCUT2D eigenvalue weighted by Crippen LogP contribution is -2.26. The summed E-state index contributed by atoms with van der Waals surface area (Å²) in [6.45, 7) is -0.0126. The van der Waals surface area contributed by atoms with Gasteiger partial charge in [-0.25, -0.2) is 9.78 Å². The molecule has 0 aliphatic carbocycles. The average Bonchev–Trinajstić information content (AvgIpc) is 2.35. The maximum absolute atomic E-state index is 11.8. The van der Waals surface area contributed by atoms with Gasteiger partial charge < -0.3 is 0 Å². The van der Waals surface area contributed by atoms with E-state index in [0.29, 0.717) is 11.4 Å². The maximum Gasteiger partial charge on any atom is 0.348 e. The number of carbonyl (C=O) groups is 1. The molecule has 1 aromatic heterocycles. The Morgan fingerprint density at radius 3 is 2.72 bits per heavy atom. The minimum Gasteiger partial charge on any atom is -0.297 e. The molecule has 2 aromatic rings. The SMILES string of the molecule is O=C(Cc1ccccc1)Cn1cc(Cl)cnc1=O. The molecule has 0 bridgehead atoms. The van der Waals surface area contributed by atoms with E-state index >= 15 is 0 Å². The van der Waals surface area contributed by atoms with Gasteiger partial charge in [-0.05, 0) is 5.56 Å². The molecule has 4 nitrogen and oxygen atoms in total. The molecule has 0 spiro atoms. The van der Waals surface area contributed by atoms with Crippen LogP contribution < -0.4 is 5.69 Å². The van der Waals surface area contributed by atoms with E-state index in [1.54, 1.807) is 0 Å². The van der Waals surface area contributed by atoms with E-state index in [2.05, 4.69) is 4.98 Å². The molecule has 0 N–H and O–H groups in total. The maximum atomic E-state index is 11.8. The molecular formula is C13H11ClN2O2. The van der Waals surface area contributed by atoms with Crippen molar-refractivity contribution in [3.63, 3.8) is 0 Å². The molecule has 0 aliphatic heterocycles. The van der Waals surface area contributed by atoms with Crippen LogP contribution in [0.4, 0.5) is 0 Å². The van der Waals surface area contributed by atoms with Gasteiger partial charge in [0.1, 0.15) is 0 Å². The Hall–Kier alpha value is -1.94. The fourth-order valence-electron chi connectivity index (χ4n) is 1.61. The topological polar surface area (TPSA) is 52.0 Å². The zero-order valence-corrected chi connectivity index (χ0v) is 10.3. The summed E-state index contributed by atoms with van der Waals surface area (Å²) in [6.07, 6.45) is 2.97. The number of Topliss-reactive ketones (excluding diaryl/α,β-unsaturated/α-hetero) is 1. The monoisotopic (exact) mass is 262 g/mol. The molecule has 2 rings (SSSR count). The van der Waals surface area contributed by atoms with Gasteiger partial charge in [0.2, 0.25) is 0 Å². The van der Waals surface area contributed by atoms with Crippen molar-refractivity contribution in [2.45, 2.75) is 13.0 Å². The standard InChI is InChI=1S/C13H11ClN2O2/c14-11-7-15-13(18)16(8-11)9-12(17)6-10-4-2-1-3-5-10/h1-5,7-8H,6,9H2. The van der Waals surface area contributed by atoms with Crippen LogP contribution in [0.25, 0.3) is 0 Å². The van der Waals surface area contributed by atoms with Gasteiger partial charge in [-0.3, -0.25) is 9.36 Å². The van der Waals surface area contributed by atoms with Crippen LogP contribution in [0, 0.1) is 0 Å². The van der Waals surface area contributed by atoms with Crippen LogP contribution in [0.15, 0.2) is 47.5 Å². The highest BCUT2D eigenvalue weighted by molar-refractivity contribution is 6.30. The first kappa shape index (κ1) is 12.5. The molecule has 5 heteroatoms. The average molecular weight is 263 g/mol. The van der Waals surface area contributed by atoms with E-state index < -0.39 is 5.69 Å². The van der Waals surface area contributed by atoms with Crippen molar-refractivity contribution in [3.8, 4) is 0 Å². The van der Waals surface area contributed by atoms with Gasteiger partial charge in [0.15, 0.2) is 5.78 Å². The van der Waals surface area contributed by atoms with Crippen molar-refractivity contribution in [1.29, 1.82) is 0 Å². The molecule has 0 aliphatic rings. The molecule has 0 radical (unpaired) electrons. The number of benzene rings is 1. The Bertz CT molecular complexity index is 608. The fourth-order valence-corrected chi connectivity index (χ4v) is 1.78. The van der Waals surface area contributed by atoms with Gasteiger partial charge in [-0.15, -0.1) is 0 Å². The first-order chi connectivity index (χ1) is 8.65. The highest BCUT2D eigenvalue weighted by Gasteiger charge is 2.06. The zero-order valence-electron chi connectivity index (χ0n) is 9.54. The third-order valence-electron chi connectivity index (χ3n) is 2.41. The van der Waals surface area contributed by atoms with E-state index in [9.17, 15) is 9.59 Å². The second-order valence-electron chi connectivity index (χ2n) is 3.88. The van der Waals surface area contributed by atoms with Gasteiger partial charge >= 0.3 is 5.69 Å². The number of hydrogen-bond donors (Lipinski definition) is 0. The zero-order chi connectivity index (χ0) is 13.0. The summed E-state index contributed by atoms with van der Waals surface area (Å²) in [5.41, 5.74) is 0.450. The highest BCUT2D eigenvalue weighted by atomic mass is 35.5. The summed E-state index contributed by atoms with van der Waals surface area (Å²) >= 11 is 5.73. The number of halogens is 1. The fraction of sp³-hybridized carbons (Fsp3) is 0.154. The molecule has 0 amide bonds. The Kier molecular flexibility index (Phi) is 3.89. The lowest BCUT2D eigenvalue weighted by molar-refractivity contribution is -0.119. The Morgan fingerprint density at radius 1 is 1.28 bits per heavy atom. The summed E-state index contributed by atoms with van der Waals surface area (Å²) in [5, 5.41) is 0.335. The van der Waals surface area contributed by atoms with Crippen molar-refractivity contribution in [2.24, 2.45) is 0 Å². The molecule has 1 aromatic carbocycles. The Balaban J connectivity index is 2.08. The largest absolute Gasteiger partial charge is 0.348 e. The summed E-state index contributed by atoms with van der Waals surface area (Å²) in [6, 6.07) is 9.37. The molecule has 92 valence electrons. The van der Waals surface area contributed by atoms with E-state index in [0.717, 1.165) is 5.56 Å². The van der Waals surface area contributed by atoms with E-state index in [4.69, 9.17) is 11.6 Å². The van der Waals surface area contributed by atoms with Crippen LogP contribution >= 0.6 is 11.6 Å². The number of carbonyl (C=O) groups excluding carboxylic acids is 1. The quantitative estimate of drug-likeness (QED) is 0.843. The number of aromatic nitrogens is 2. The van der Waals surface area contributed by atoms with E-state index in [1.807, 2.05) is 30.3 Å². The molecule has 0 saturated carbocycles. The number of rotatable bonds is 4. The third kappa shape index (κ3) is 3.28. The number of ketones is 1. The molecule has 18 heavy (non-hydrogen) atoms. The molecular weight excluding hydrogens is 252 g/mol. The van der Waals surface area contributed by atoms with Crippen molar-refractivity contribution in [1.82, 2.24) is 9.55 Å². The molecule has 0 atom stereocenters. The van der Waals surface area contributed by atoms with Crippen molar-refractivity contribution < 1.29 is 4.79 Å². The predicted octanol–water partition coefficient (Wildman–Crippen LogP) is 1.71. The summed E-state index contributed by atoms with van der Waals surface area (Å²) in [4.78, 5) is 26.8. The summed E-state index contributed by atoms with van der Waals surface area (Å²) < 4.78 is 1.22. The number of nitrogens with zero attached hydrogens (tertiary/aromatic N) is 2. The van der Waals surface area contributed by atoms with Crippen LogP contribution in [-0.4, -0.2) is 15.3 Å². The van der Waals surface area contributed by atoms with Gasteiger partial charge in [0, 0.05) is 12.6 Å². The molecule has 0 fully saturated rings. The van der Waals surface area contributed by atoms with Crippen molar-refractivity contribution in [3.05, 3.63) is 63.8 Å². The smallest absolute Gasteiger partial charge is 0.297 e.